The van der Waals surface area contributed by atoms with Gasteiger partial charge in [0.1, 0.15) is 37.1 Å². The second kappa shape index (κ2) is 7.00. The third kappa shape index (κ3) is 3.59. The van der Waals surface area contributed by atoms with E-state index in [1.807, 2.05) is 6.07 Å². The zero-order valence-corrected chi connectivity index (χ0v) is 13.2. The van der Waals surface area contributed by atoms with Crippen LogP contribution < -0.4 is 16.4 Å². The molecule has 11 heteroatoms. The summed E-state index contributed by atoms with van der Waals surface area (Å²) in [5.41, 5.74) is -0.336. The summed E-state index contributed by atoms with van der Waals surface area (Å²) in [6, 6.07) is 8.13. The first-order chi connectivity index (χ1) is 12.1. The molecule has 1 amide bonds. The SMILES string of the molecule is [B]c1nc(C(=O)NC([B])([B])C(=O)O)c(O)c([B])c1-c1cccc(C#N)c1. The van der Waals surface area contributed by atoms with Crippen LogP contribution in [0.15, 0.2) is 24.3 Å². The van der Waals surface area contributed by atoms with Crippen LogP contribution in [0.25, 0.3) is 11.1 Å². The van der Waals surface area contributed by atoms with E-state index in [-0.39, 0.29) is 16.6 Å². The molecule has 118 valence electrons. The number of carbonyl (C=O) groups is 2. The molecule has 26 heavy (non-hydrogen) atoms. The zero-order chi connectivity index (χ0) is 19.6. The van der Waals surface area contributed by atoms with Gasteiger partial charge < -0.3 is 15.5 Å². The van der Waals surface area contributed by atoms with Gasteiger partial charge in [-0.15, -0.1) is 0 Å². The van der Waals surface area contributed by atoms with Crippen molar-refractivity contribution in [3.05, 3.63) is 35.5 Å². The van der Waals surface area contributed by atoms with Gasteiger partial charge in [-0.2, -0.15) is 5.26 Å². The fourth-order valence-electron chi connectivity index (χ4n) is 2.12. The molecule has 1 aromatic heterocycles. The Morgan fingerprint density at radius 1 is 1.27 bits per heavy atom. The fraction of sp³-hybridized carbons (Fsp3) is 0.0667. The molecule has 0 aliphatic carbocycles. The van der Waals surface area contributed by atoms with Crippen molar-refractivity contribution in [3.8, 4) is 22.9 Å². The van der Waals surface area contributed by atoms with E-state index in [0.717, 1.165) is 0 Å². The van der Waals surface area contributed by atoms with Crippen molar-refractivity contribution >= 4 is 54.3 Å². The highest BCUT2D eigenvalue weighted by atomic mass is 16.4. The highest BCUT2D eigenvalue weighted by Crippen LogP contribution is 2.21. The highest BCUT2D eigenvalue weighted by Gasteiger charge is 2.30. The average molecular weight is 336 g/mol. The number of nitrogens with one attached hydrogen (secondary N) is 1. The van der Waals surface area contributed by atoms with Crippen molar-refractivity contribution in [1.82, 2.24) is 10.3 Å². The topological polar surface area (TPSA) is 123 Å². The van der Waals surface area contributed by atoms with Crippen LogP contribution in [0.5, 0.6) is 5.75 Å². The van der Waals surface area contributed by atoms with E-state index < -0.39 is 28.7 Å². The normalized spacial score (nSPS) is 10.7. The lowest BCUT2D eigenvalue weighted by Crippen LogP contribution is -2.56. The Balaban J connectivity index is 2.53. The van der Waals surface area contributed by atoms with Crippen molar-refractivity contribution in [3.63, 3.8) is 0 Å². The summed E-state index contributed by atoms with van der Waals surface area (Å²) in [7, 11) is 22.1. The van der Waals surface area contributed by atoms with Gasteiger partial charge in [-0.3, -0.25) is 14.6 Å². The van der Waals surface area contributed by atoms with Crippen LogP contribution in [0.1, 0.15) is 16.1 Å². The van der Waals surface area contributed by atoms with E-state index in [9.17, 15) is 14.7 Å². The molecule has 7 nitrogen and oxygen atoms in total. The summed E-state index contributed by atoms with van der Waals surface area (Å²) in [6.07, 6.45) is 0. The molecule has 0 bridgehead atoms. The first-order valence-corrected chi connectivity index (χ1v) is 7.00. The van der Waals surface area contributed by atoms with E-state index in [1.165, 1.54) is 6.07 Å². The van der Waals surface area contributed by atoms with Gasteiger partial charge in [-0.25, -0.2) is 0 Å². The van der Waals surface area contributed by atoms with Crippen molar-refractivity contribution in [2.24, 2.45) is 0 Å². The van der Waals surface area contributed by atoms with Crippen molar-refractivity contribution in [1.29, 1.82) is 5.26 Å². The van der Waals surface area contributed by atoms with Gasteiger partial charge in [0.15, 0.2) is 5.69 Å². The number of pyridine rings is 1. The first-order valence-electron chi connectivity index (χ1n) is 7.00. The number of aromatic nitrogens is 1. The van der Waals surface area contributed by atoms with Crippen LogP contribution in [0.4, 0.5) is 0 Å². The van der Waals surface area contributed by atoms with E-state index >= 15 is 0 Å². The van der Waals surface area contributed by atoms with Crippen molar-refractivity contribution in [2.75, 3.05) is 0 Å². The Morgan fingerprint density at radius 2 is 1.92 bits per heavy atom. The number of aliphatic carboxylic acids is 1. The number of benzene rings is 1. The maximum atomic E-state index is 12.1. The number of amides is 1. The number of nitrogens with zero attached hydrogens (tertiary/aromatic N) is 2. The number of nitriles is 1. The number of aromatic hydroxyl groups is 1. The van der Waals surface area contributed by atoms with Gasteiger partial charge in [0.25, 0.3) is 5.91 Å². The first kappa shape index (κ1) is 19.2. The minimum Gasteiger partial charge on any atom is -0.506 e. The summed E-state index contributed by atoms with van der Waals surface area (Å²) in [5.74, 6) is -3.64. The quantitative estimate of drug-likeness (QED) is 0.541. The number of carbonyl (C=O) groups excluding carboxylic acids is 1. The molecule has 0 aliphatic rings. The molecule has 3 N–H and O–H groups in total. The van der Waals surface area contributed by atoms with Crippen LogP contribution in [-0.4, -0.2) is 63.8 Å². The molecule has 0 saturated carbocycles. The van der Waals surface area contributed by atoms with Crippen LogP contribution in [-0.2, 0) is 4.79 Å². The third-order valence-electron chi connectivity index (χ3n) is 3.41. The van der Waals surface area contributed by atoms with E-state index in [4.69, 9.17) is 41.8 Å². The Bertz CT molecular complexity index is 957. The second-order valence-corrected chi connectivity index (χ2v) is 5.30. The number of carboxylic acids is 1. The largest absolute Gasteiger partial charge is 0.506 e. The Morgan fingerprint density at radius 3 is 2.50 bits per heavy atom. The van der Waals surface area contributed by atoms with E-state index in [2.05, 4.69) is 4.98 Å². The fourth-order valence-corrected chi connectivity index (χ4v) is 2.12. The molecule has 0 atom stereocenters. The maximum Gasteiger partial charge on any atom is 0.310 e. The molecule has 0 fully saturated rings. The van der Waals surface area contributed by atoms with Crippen LogP contribution in [0.2, 0.25) is 0 Å². The molecule has 1 aromatic carbocycles. The van der Waals surface area contributed by atoms with Gasteiger partial charge in [0, 0.05) is 0 Å². The van der Waals surface area contributed by atoms with Crippen LogP contribution in [0, 0.1) is 11.3 Å². The van der Waals surface area contributed by atoms with Crippen molar-refractivity contribution < 1.29 is 19.8 Å². The number of rotatable bonds is 4. The predicted octanol–water partition coefficient (Wildman–Crippen LogP) is -2.28. The van der Waals surface area contributed by atoms with Crippen LogP contribution in [0.3, 0.4) is 0 Å². The molecule has 2 rings (SSSR count). The smallest absolute Gasteiger partial charge is 0.310 e. The van der Waals surface area contributed by atoms with Gasteiger partial charge in [0.2, 0.25) is 0 Å². The van der Waals surface area contributed by atoms with Gasteiger partial charge in [-0.1, -0.05) is 12.1 Å². The van der Waals surface area contributed by atoms with Crippen LogP contribution >= 0.6 is 0 Å². The molecular weight excluding hydrogens is 329 g/mol. The van der Waals surface area contributed by atoms with Gasteiger partial charge in [-0.05, 0) is 34.3 Å². The molecule has 1 heterocycles. The van der Waals surface area contributed by atoms with Gasteiger partial charge in [0.05, 0.1) is 17.0 Å². The highest BCUT2D eigenvalue weighted by molar-refractivity contribution is 6.51. The predicted molar refractivity (Wildman–Crippen MR) is 96.2 cm³/mol. The Hall–Kier alpha value is -3.14. The van der Waals surface area contributed by atoms with Gasteiger partial charge >= 0.3 is 5.97 Å². The molecule has 2 aromatic rings. The van der Waals surface area contributed by atoms with E-state index in [1.54, 1.807) is 23.5 Å². The molecular formula is C15H7B4N3O4. The number of hydrogen-bond acceptors (Lipinski definition) is 5. The average Bonchev–Trinajstić information content (AvgIpc) is 2.57. The minimum atomic E-state index is -2.59. The molecule has 0 unspecified atom stereocenters. The minimum absolute atomic E-state index is 0.112. The second-order valence-electron chi connectivity index (χ2n) is 5.30. The lowest BCUT2D eigenvalue weighted by atomic mass is 9.62. The number of carboxylic acid groups (broad SMARTS) is 1. The lowest BCUT2D eigenvalue weighted by Gasteiger charge is -2.23. The summed E-state index contributed by atoms with van der Waals surface area (Å²) in [6.45, 7) is 0. The Labute approximate surface area is 154 Å². The van der Waals surface area contributed by atoms with Crippen molar-refractivity contribution in [2.45, 2.75) is 5.34 Å². The summed E-state index contributed by atoms with van der Waals surface area (Å²) < 4.78 is 0. The van der Waals surface area contributed by atoms with E-state index in [0.29, 0.717) is 11.1 Å². The summed E-state index contributed by atoms with van der Waals surface area (Å²) >= 11 is 0. The standard InChI is InChI=1S/C15H7B4N3O4/c16-9-8(7-3-1-2-6(4-7)5-20)12(17)21-10(11(9)23)13(24)22-15(18,19)14(25)26/h1-4,23H,(H,22,24)(H,25,26). The molecule has 0 spiro atoms. The third-order valence-corrected chi connectivity index (χ3v) is 3.41. The Kier molecular flexibility index (Phi) is 5.17. The summed E-state index contributed by atoms with van der Waals surface area (Å²) in [4.78, 5) is 26.8. The molecule has 0 saturated heterocycles. The zero-order valence-electron chi connectivity index (χ0n) is 13.2. The molecule has 8 radical (unpaired) electrons. The molecule has 0 aliphatic heterocycles. The number of hydrogen-bond donors (Lipinski definition) is 3. The maximum absolute atomic E-state index is 12.1. The monoisotopic (exact) mass is 337 g/mol. The summed E-state index contributed by atoms with van der Waals surface area (Å²) in [5, 5.41) is 27.2. The lowest BCUT2D eigenvalue weighted by molar-refractivity contribution is -0.138.